The molecule has 2 unspecified atom stereocenters. The van der Waals surface area contributed by atoms with Crippen molar-refractivity contribution in [2.75, 3.05) is 13.2 Å². The van der Waals surface area contributed by atoms with E-state index in [4.69, 9.17) is 4.74 Å². The number of aromatic amines is 2. The number of hydrogen-bond acceptors (Lipinski definition) is 5. The average molecular weight is 288 g/mol. The Balaban J connectivity index is 1.37. The molecule has 0 radical (unpaired) electrons. The molecule has 0 aromatic carbocycles. The second-order valence-electron chi connectivity index (χ2n) is 6.11. The number of H-pyrrole nitrogens is 2. The minimum Gasteiger partial charge on any atom is -0.381 e. The number of nitrogens with zero attached hydrogens (tertiary/aromatic N) is 4. The fraction of sp³-hybridized carbons (Fsp3) is 0.714. The molecule has 0 spiro atoms. The second-order valence-corrected chi connectivity index (χ2v) is 6.11. The van der Waals surface area contributed by atoms with E-state index in [-0.39, 0.29) is 0 Å². The standard InChI is InChI=1S/C14H20N6O/c1-8-15-14(20-17-8)11-6-10(11)7-12-16-13(19-18-12)9-2-4-21-5-3-9/h9-11H,2-7H2,1H3,(H,15,17,20)(H,16,18,19). The molecule has 2 aromatic heterocycles. The average Bonchev–Trinajstić information content (AvgIpc) is 2.91. The summed E-state index contributed by atoms with van der Waals surface area (Å²) in [6.45, 7) is 3.58. The van der Waals surface area contributed by atoms with Gasteiger partial charge in [0.25, 0.3) is 0 Å². The zero-order valence-corrected chi connectivity index (χ0v) is 12.2. The summed E-state index contributed by atoms with van der Waals surface area (Å²) in [7, 11) is 0. The highest BCUT2D eigenvalue weighted by molar-refractivity contribution is 5.12. The smallest absolute Gasteiger partial charge is 0.154 e. The second kappa shape index (κ2) is 5.22. The van der Waals surface area contributed by atoms with E-state index in [0.717, 1.165) is 62.2 Å². The molecule has 4 rings (SSSR count). The highest BCUT2D eigenvalue weighted by Gasteiger charge is 2.41. The van der Waals surface area contributed by atoms with Crippen molar-refractivity contribution in [2.45, 2.75) is 44.4 Å². The molecule has 112 valence electrons. The van der Waals surface area contributed by atoms with Gasteiger partial charge in [-0.1, -0.05) is 0 Å². The monoisotopic (exact) mass is 288 g/mol. The molecule has 3 heterocycles. The molecule has 2 aromatic rings. The van der Waals surface area contributed by atoms with Gasteiger partial charge in [-0.2, -0.15) is 10.2 Å². The van der Waals surface area contributed by atoms with Crippen molar-refractivity contribution in [1.82, 2.24) is 30.4 Å². The van der Waals surface area contributed by atoms with Gasteiger partial charge in [0.1, 0.15) is 11.6 Å². The van der Waals surface area contributed by atoms with Crippen LogP contribution in [0.3, 0.4) is 0 Å². The largest absolute Gasteiger partial charge is 0.381 e. The van der Waals surface area contributed by atoms with Crippen molar-refractivity contribution >= 4 is 0 Å². The normalized spacial score (nSPS) is 26.1. The fourth-order valence-electron chi connectivity index (χ4n) is 3.10. The third kappa shape index (κ3) is 2.70. The van der Waals surface area contributed by atoms with Crippen LogP contribution in [-0.4, -0.2) is 43.6 Å². The van der Waals surface area contributed by atoms with E-state index in [1.165, 1.54) is 0 Å². The van der Waals surface area contributed by atoms with Crippen LogP contribution in [0.4, 0.5) is 0 Å². The summed E-state index contributed by atoms with van der Waals surface area (Å²) in [5.74, 6) is 5.31. The molecule has 21 heavy (non-hydrogen) atoms. The molecule has 0 bridgehead atoms. The van der Waals surface area contributed by atoms with Crippen LogP contribution < -0.4 is 0 Å². The van der Waals surface area contributed by atoms with Gasteiger partial charge in [-0.05, 0) is 32.1 Å². The van der Waals surface area contributed by atoms with Gasteiger partial charge in [0.15, 0.2) is 11.6 Å². The highest BCUT2D eigenvalue weighted by Crippen LogP contribution is 2.47. The first kappa shape index (κ1) is 12.9. The SMILES string of the molecule is Cc1nc(C2CC2Cc2nc(C3CCOCC3)n[nH]2)n[nH]1. The Bertz CT molecular complexity index is 615. The van der Waals surface area contributed by atoms with Crippen molar-refractivity contribution < 1.29 is 4.74 Å². The number of aryl methyl sites for hydroxylation is 1. The molecule has 1 saturated heterocycles. The predicted molar refractivity (Wildman–Crippen MR) is 74.8 cm³/mol. The molecule has 2 aliphatic rings. The van der Waals surface area contributed by atoms with E-state index in [1.54, 1.807) is 0 Å². The first-order valence-corrected chi connectivity index (χ1v) is 7.67. The highest BCUT2D eigenvalue weighted by atomic mass is 16.5. The van der Waals surface area contributed by atoms with E-state index in [0.29, 0.717) is 17.8 Å². The summed E-state index contributed by atoms with van der Waals surface area (Å²) in [4.78, 5) is 9.09. The predicted octanol–water partition coefficient (Wildman–Crippen LogP) is 1.47. The quantitative estimate of drug-likeness (QED) is 0.888. The summed E-state index contributed by atoms with van der Waals surface area (Å²) >= 11 is 0. The van der Waals surface area contributed by atoms with Crippen LogP contribution in [0.1, 0.15) is 54.4 Å². The lowest BCUT2D eigenvalue weighted by molar-refractivity contribution is 0.0836. The number of hydrogen-bond donors (Lipinski definition) is 2. The lowest BCUT2D eigenvalue weighted by atomic mass is 10.00. The van der Waals surface area contributed by atoms with Crippen LogP contribution >= 0.6 is 0 Å². The molecule has 2 fully saturated rings. The molecule has 2 atom stereocenters. The zero-order chi connectivity index (χ0) is 14.2. The Hall–Kier alpha value is -1.76. The minimum atomic E-state index is 0.453. The topological polar surface area (TPSA) is 92.4 Å². The van der Waals surface area contributed by atoms with Gasteiger partial charge >= 0.3 is 0 Å². The lowest BCUT2D eigenvalue weighted by Crippen LogP contribution is -2.15. The molecule has 1 aliphatic heterocycles. The van der Waals surface area contributed by atoms with Crippen LogP contribution in [0.2, 0.25) is 0 Å². The van der Waals surface area contributed by atoms with Crippen molar-refractivity contribution in [3.05, 3.63) is 23.3 Å². The molecular formula is C14H20N6O. The van der Waals surface area contributed by atoms with Crippen LogP contribution in [0.25, 0.3) is 0 Å². The van der Waals surface area contributed by atoms with Gasteiger partial charge in [-0.3, -0.25) is 10.2 Å². The molecule has 7 heteroatoms. The van der Waals surface area contributed by atoms with E-state index in [1.807, 2.05) is 6.92 Å². The van der Waals surface area contributed by atoms with Crippen LogP contribution in [0.5, 0.6) is 0 Å². The molecule has 0 amide bonds. The number of ether oxygens (including phenoxy) is 1. The molecule has 2 N–H and O–H groups in total. The maximum absolute atomic E-state index is 5.38. The summed E-state index contributed by atoms with van der Waals surface area (Å²) in [5.41, 5.74) is 0. The molecule has 1 saturated carbocycles. The number of nitrogens with one attached hydrogen (secondary N) is 2. The molecule has 1 aliphatic carbocycles. The maximum atomic E-state index is 5.38. The van der Waals surface area contributed by atoms with Gasteiger partial charge in [-0.25, -0.2) is 9.97 Å². The van der Waals surface area contributed by atoms with Gasteiger partial charge in [0, 0.05) is 31.5 Å². The maximum Gasteiger partial charge on any atom is 0.154 e. The molecule has 7 nitrogen and oxygen atoms in total. The van der Waals surface area contributed by atoms with Gasteiger partial charge in [-0.15, -0.1) is 0 Å². The summed E-state index contributed by atoms with van der Waals surface area (Å²) in [6, 6.07) is 0. The van der Waals surface area contributed by atoms with Crippen molar-refractivity contribution in [3.63, 3.8) is 0 Å². The van der Waals surface area contributed by atoms with E-state index < -0.39 is 0 Å². The van der Waals surface area contributed by atoms with E-state index in [2.05, 4.69) is 30.4 Å². The number of rotatable bonds is 4. The molecular weight excluding hydrogens is 268 g/mol. The fourth-order valence-corrected chi connectivity index (χ4v) is 3.10. The summed E-state index contributed by atoms with van der Waals surface area (Å²) in [6.07, 6.45) is 4.14. The van der Waals surface area contributed by atoms with Gasteiger partial charge in [0.2, 0.25) is 0 Å². The third-order valence-corrected chi connectivity index (χ3v) is 4.46. The minimum absolute atomic E-state index is 0.453. The van der Waals surface area contributed by atoms with Gasteiger partial charge < -0.3 is 4.74 Å². The Morgan fingerprint density at radius 1 is 1.10 bits per heavy atom. The Labute approximate surface area is 122 Å². The summed E-state index contributed by atoms with van der Waals surface area (Å²) < 4.78 is 5.38. The summed E-state index contributed by atoms with van der Waals surface area (Å²) in [5, 5.41) is 14.7. The van der Waals surface area contributed by atoms with Crippen LogP contribution in [0.15, 0.2) is 0 Å². The Morgan fingerprint density at radius 2 is 1.90 bits per heavy atom. The first-order chi connectivity index (χ1) is 10.3. The van der Waals surface area contributed by atoms with E-state index >= 15 is 0 Å². The van der Waals surface area contributed by atoms with Gasteiger partial charge in [0.05, 0.1) is 0 Å². The Kier molecular flexibility index (Phi) is 3.21. The first-order valence-electron chi connectivity index (χ1n) is 7.67. The van der Waals surface area contributed by atoms with E-state index in [9.17, 15) is 0 Å². The zero-order valence-electron chi connectivity index (χ0n) is 12.2. The van der Waals surface area contributed by atoms with Crippen LogP contribution in [-0.2, 0) is 11.2 Å². The van der Waals surface area contributed by atoms with Crippen LogP contribution in [0, 0.1) is 12.8 Å². The number of aromatic nitrogens is 6. The third-order valence-electron chi connectivity index (χ3n) is 4.46. The van der Waals surface area contributed by atoms with Crippen molar-refractivity contribution in [3.8, 4) is 0 Å². The lowest BCUT2D eigenvalue weighted by Gasteiger charge is -2.18. The van der Waals surface area contributed by atoms with Crippen molar-refractivity contribution in [1.29, 1.82) is 0 Å². The van der Waals surface area contributed by atoms with Crippen molar-refractivity contribution in [2.24, 2.45) is 5.92 Å². The Morgan fingerprint density at radius 3 is 2.67 bits per heavy atom.